The molecule has 8 aromatic rings. The molecule has 1 aromatic heterocycles. The van der Waals surface area contributed by atoms with Crippen molar-refractivity contribution in [3.8, 4) is 22.3 Å². The van der Waals surface area contributed by atoms with Crippen molar-refractivity contribution in [2.45, 2.75) is 12.8 Å². The molecule has 1 nitrogen and oxygen atoms in total. The topological polar surface area (TPSA) is 13.1 Å². The van der Waals surface area contributed by atoms with Crippen LogP contribution in [-0.2, 0) is 0 Å². The van der Waals surface area contributed by atoms with E-state index in [1.807, 2.05) is 6.07 Å². The van der Waals surface area contributed by atoms with E-state index in [2.05, 4.69) is 127 Å². The minimum absolute atomic E-state index is 0.925. The van der Waals surface area contributed by atoms with Crippen LogP contribution in [0.4, 0.5) is 0 Å². The van der Waals surface area contributed by atoms with Gasteiger partial charge in [-0.1, -0.05) is 121 Å². The molecule has 0 saturated heterocycles. The first-order valence-corrected chi connectivity index (χ1v) is 14.4. The molecule has 41 heavy (non-hydrogen) atoms. The van der Waals surface area contributed by atoms with Crippen LogP contribution in [0.3, 0.4) is 0 Å². The number of rotatable bonds is 3. The van der Waals surface area contributed by atoms with Gasteiger partial charge in [-0.25, -0.2) is 0 Å². The zero-order valence-electron chi connectivity index (χ0n) is 22.5. The predicted octanol–water partition coefficient (Wildman–Crippen LogP) is 11.6. The van der Waals surface area contributed by atoms with Crippen LogP contribution in [0.1, 0.15) is 18.4 Å². The summed E-state index contributed by atoms with van der Waals surface area (Å²) < 4.78 is 6.56. The van der Waals surface area contributed by atoms with Crippen molar-refractivity contribution in [3.05, 3.63) is 139 Å². The highest BCUT2D eigenvalue weighted by Crippen LogP contribution is 2.47. The number of hydrogen-bond acceptors (Lipinski definition) is 1. The summed E-state index contributed by atoms with van der Waals surface area (Å²) in [6, 6.07) is 42.0. The molecule has 0 fully saturated rings. The van der Waals surface area contributed by atoms with Gasteiger partial charge in [0, 0.05) is 16.3 Å². The predicted molar refractivity (Wildman–Crippen MR) is 175 cm³/mol. The highest BCUT2D eigenvalue weighted by atomic mass is 16.3. The average molecular weight is 523 g/mol. The maximum Gasteiger partial charge on any atom is 0.143 e. The molecule has 0 radical (unpaired) electrons. The lowest BCUT2D eigenvalue weighted by Gasteiger charge is -2.20. The van der Waals surface area contributed by atoms with Gasteiger partial charge >= 0.3 is 0 Å². The van der Waals surface area contributed by atoms with Crippen LogP contribution in [0.2, 0.25) is 0 Å². The molecule has 0 atom stereocenters. The Bertz CT molecular complexity index is 2350. The summed E-state index contributed by atoms with van der Waals surface area (Å²) in [5, 5.41) is 10.1. The normalized spacial score (nSPS) is 13.7. The van der Waals surface area contributed by atoms with E-state index in [-0.39, 0.29) is 0 Å². The third-order valence-electron chi connectivity index (χ3n) is 8.87. The van der Waals surface area contributed by atoms with Crippen molar-refractivity contribution in [1.82, 2.24) is 0 Å². The van der Waals surface area contributed by atoms with Gasteiger partial charge in [0.2, 0.25) is 0 Å². The largest absolute Gasteiger partial charge is 0.455 e. The van der Waals surface area contributed by atoms with Crippen LogP contribution in [0.15, 0.2) is 138 Å². The highest BCUT2D eigenvalue weighted by Gasteiger charge is 2.21. The summed E-state index contributed by atoms with van der Waals surface area (Å²) in [5.41, 5.74) is 9.32. The third kappa shape index (κ3) is 3.30. The molecule has 1 heteroatoms. The van der Waals surface area contributed by atoms with Crippen LogP contribution in [0, 0.1) is 0 Å². The van der Waals surface area contributed by atoms with E-state index < -0.39 is 0 Å². The Balaban J connectivity index is 1.45. The van der Waals surface area contributed by atoms with Crippen molar-refractivity contribution < 1.29 is 4.42 Å². The molecular weight excluding hydrogens is 496 g/mol. The first kappa shape index (κ1) is 22.7. The number of allylic oxidation sites excluding steroid dienone is 4. The maximum absolute atomic E-state index is 6.56. The van der Waals surface area contributed by atoms with Gasteiger partial charge in [-0.05, 0) is 85.1 Å². The van der Waals surface area contributed by atoms with Crippen LogP contribution in [-0.4, -0.2) is 0 Å². The average Bonchev–Trinajstić information content (AvgIpc) is 3.43. The second kappa shape index (κ2) is 8.68. The smallest absolute Gasteiger partial charge is 0.143 e. The Morgan fingerprint density at radius 1 is 0.488 bits per heavy atom. The van der Waals surface area contributed by atoms with Crippen molar-refractivity contribution in [1.29, 1.82) is 0 Å². The summed E-state index contributed by atoms with van der Waals surface area (Å²) in [6.45, 7) is 0. The van der Waals surface area contributed by atoms with E-state index in [1.165, 1.54) is 60.1 Å². The molecule has 7 aromatic carbocycles. The summed E-state index contributed by atoms with van der Waals surface area (Å²) in [4.78, 5) is 0. The minimum atomic E-state index is 0.925. The molecule has 1 aliphatic carbocycles. The number of para-hydroxylation sites is 2. The van der Waals surface area contributed by atoms with Gasteiger partial charge in [0.15, 0.2) is 0 Å². The second-order valence-electron chi connectivity index (χ2n) is 11.1. The minimum Gasteiger partial charge on any atom is -0.455 e. The fraction of sp³-hybridized carbons (Fsp3) is 0.0500. The summed E-state index contributed by atoms with van der Waals surface area (Å²) in [7, 11) is 0. The molecule has 1 heterocycles. The Morgan fingerprint density at radius 2 is 1.24 bits per heavy atom. The molecule has 0 bridgehead atoms. The van der Waals surface area contributed by atoms with Crippen molar-refractivity contribution in [2.24, 2.45) is 0 Å². The summed E-state index contributed by atoms with van der Waals surface area (Å²) >= 11 is 0. The van der Waals surface area contributed by atoms with E-state index in [9.17, 15) is 0 Å². The van der Waals surface area contributed by atoms with Crippen molar-refractivity contribution in [2.75, 3.05) is 0 Å². The summed E-state index contributed by atoms with van der Waals surface area (Å²) in [6.07, 6.45) is 9.19. The second-order valence-corrected chi connectivity index (χ2v) is 11.1. The van der Waals surface area contributed by atoms with Crippen molar-refractivity contribution in [3.63, 3.8) is 0 Å². The van der Waals surface area contributed by atoms with Crippen LogP contribution in [0.5, 0.6) is 0 Å². The molecule has 0 saturated carbocycles. The van der Waals surface area contributed by atoms with Gasteiger partial charge in [-0.2, -0.15) is 0 Å². The van der Waals surface area contributed by atoms with Gasteiger partial charge in [0.05, 0.1) is 0 Å². The van der Waals surface area contributed by atoms with E-state index >= 15 is 0 Å². The number of furan rings is 1. The molecule has 0 spiro atoms. The SMILES string of the molecule is C1=CC(c2ccc3ccc4c(-c5ccccc5)cc(-c5cccc6c5oc5ccccc56)c5ccc2c3c45)=CCC1. The van der Waals surface area contributed by atoms with Gasteiger partial charge in [0.25, 0.3) is 0 Å². The van der Waals surface area contributed by atoms with E-state index in [1.54, 1.807) is 0 Å². The fourth-order valence-corrected chi connectivity index (χ4v) is 7.00. The lowest BCUT2D eigenvalue weighted by molar-refractivity contribution is 0.670. The molecule has 9 rings (SSSR count). The van der Waals surface area contributed by atoms with Crippen LogP contribution in [0.25, 0.3) is 82.1 Å². The Morgan fingerprint density at radius 3 is 2.12 bits per heavy atom. The molecule has 0 N–H and O–H groups in total. The monoisotopic (exact) mass is 522 g/mol. The Kier molecular flexibility index (Phi) is 4.80. The number of hydrogen-bond donors (Lipinski definition) is 0. The molecule has 0 amide bonds. The summed E-state index contributed by atoms with van der Waals surface area (Å²) in [5.74, 6) is 0. The maximum atomic E-state index is 6.56. The van der Waals surface area contributed by atoms with E-state index in [0.29, 0.717) is 0 Å². The first-order valence-electron chi connectivity index (χ1n) is 14.4. The Hall–Kier alpha value is -5.14. The fourth-order valence-electron chi connectivity index (χ4n) is 7.00. The van der Waals surface area contributed by atoms with Gasteiger partial charge < -0.3 is 4.42 Å². The van der Waals surface area contributed by atoms with E-state index in [4.69, 9.17) is 4.42 Å². The zero-order chi connectivity index (χ0) is 26.9. The first-order chi connectivity index (χ1) is 20.3. The van der Waals surface area contributed by atoms with Gasteiger partial charge in [0.1, 0.15) is 11.2 Å². The Labute approximate surface area is 238 Å². The quantitative estimate of drug-likeness (QED) is 0.210. The molecule has 192 valence electrons. The number of benzene rings is 7. The highest BCUT2D eigenvalue weighted by molar-refractivity contribution is 6.30. The lowest BCUT2D eigenvalue weighted by Crippen LogP contribution is -1.94. The molecular formula is C40H26O. The molecule has 0 aliphatic heterocycles. The standard InChI is InChI=1S/C40H26O/c1-3-10-25(11-4-1)28-20-18-27-19-21-31-35(26-12-5-2-6-13-26)24-36(32-23-22-30(28)38(27)39(31)32)34-16-9-15-33-29-14-7-8-17-37(29)41-40(33)34/h2-3,5-24H,1,4H2. The van der Waals surface area contributed by atoms with Crippen molar-refractivity contribution >= 4 is 59.8 Å². The zero-order valence-corrected chi connectivity index (χ0v) is 22.5. The van der Waals surface area contributed by atoms with Gasteiger partial charge in [-0.15, -0.1) is 0 Å². The number of fused-ring (bicyclic) bond motifs is 3. The van der Waals surface area contributed by atoms with Gasteiger partial charge in [-0.3, -0.25) is 0 Å². The van der Waals surface area contributed by atoms with E-state index in [0.717, 1.165) is 40.3 Å². The third-order valence-corrected chi connectivity index (χ3v) is 8.87. The molecule has 0 unspecified atom stereocenters. The molecule has 1 aliphatic rings. The lowest BCUT2D eigenvalue weighted by atomic mass is 9.83. The van der Waals surface area contributed by atoms with Crippen LogP contribution >= 0.6 is 0 Å². The van der Waals surface area contributed by atoms with Crippen LogP contribution < -0.4 is 0 Å².